The summed E-state index contributed by atoms with van der Waals surface area (Å²) in [4.78, 5) is 42.0. The number of nitrogens with zero attached hydrogens (tertiary/aromatic N) is 2. The van der Waals surface area contributed by atoms with Gasteiger partial charge in [0, 0.05) is 19.5 Å². The Morgan fingerprint density at radius 3 is 2.23 bits per heavy atom. The number of benzene rings is 2. The van der Waals surface area contributed by atoms with Crippen LogP contribution in [0.1, 0.15) is 37.8 Å². The van der Waals surface area contributed by atoms with Crippen LogP contribution in [0.2, 0.25) is 0 Å². The van der Waals surface area contributed by atoms with Crippen molar-refractivity contribution in [1.29, 1.82) is 0 Å². The first-order chi connectivity index (χ1) is 14.5. The minimum Gasteiger partial charge on any atom is -0.341 e. The van der Waals surface area contributed by atoms with E-state index in [1.54, 1.807) is 4.90 Å². The quantitative estimate of drug-likeness (QED) is 0.648. The number of unbranched alkanes of at least 4 members (excludes halogenated alkanes) is 1. The summed E-state index contributed by atoms with van der Waals surface area (Å²) in [5.41, 5.74) is 0.419. The number of carbonyl (C=O) groups is 3. The topological polar surface area (TPSA) is 69.7 Å². The van der Waals surface area contributed by atoms with Gasteiger partial charge in [0.25, 0.3) is 5.91 Å². The number of imide groups is 1. The molecule has 6 nitrogen and oxygen atoms in total. The summed E-state index contributed by atoms with van der Waals surface area (Å²) in [5.74, 6) is -0.597. The molecule has 0 unspecified atom stereocenters. The second-order valence-corrected chi connectivity index (χ2v) is 7.58. The molecule has 0 spiro atoms. The Labute approximate surface area is 177 Å². The Hall–Kier alpha value is -3.15. The van der Waals surface area contributed by atoms with Crippen LogP contribution >= 0.6 is 0 Å². The number of urea groups is 1. The van der Waals surface area contributed by atoms with Crippen molar-refractivity contribution in [2.24, 2.45) is 0 Å². The zero-order chi connectivity index (χ0) is 21.6. The SMILES string of the molecule is CCCCN(CC)C(=O)CN1C(=O)N[C@](Cc2ccccc2)(c2ccccc2)C1=O. The Morgan fingerprint density at radius 2 is 1.63 bits per heavy atom. The number of amides is 4. The van der Waals surface area contributed by atoms with Crippen LogP contribution in [0.3, 0.4) is 0 Å². The molecule has 6 heteroatoms. The van der Waals surface area contributed by atoms with E-state index in [1.807, 2.05) is 67.6 Å². The lowest BCUT2D eigenvalue weighted by Gasteiger charge is -2.28. The van der Waals surface area contributed by atoms with E-state index in [2.05, 4.69) is 12.2 Å². The highest BCUT2D eigenvalue weighted by molar-refractivity contribution is 6.09. The summed E-state index contributed by atoms with van der Waals surface area (Å²) in [5, 5.41) is 2.90. The van der Waals surface area contributed by atoms with Crippen LogP contribution in [0.4, 0.5) is 4.79 Å². The van der Waals surface area contributed by atoms with E-state index in [0.717, 1.165) is 23.3 Å². The average Bonchev–Trinajstić information content (AvgIpc) is 3.00. The Kier molecular flexibility index (Phi) is 6.87. The van der Waals surface area contributed by atoms with Gasteiger partial charge in [-0.1, -0.05) is 74.0 Å². The third-order valence-electron chi connectivity index (χ3n) is 5.56. The fourth-order valence-electron chi connectivity index (χ4n) is 3.86. The molecule has 1 saturated heterocycles. The number of carbonyl (C=O) groups excluding carboxylic acids is 3. The molecule has 0 aromatic heterocycles. The fraction of sp³-hybridized carbons (Fsp3) is 0.375. The summed E-state index contributed by atoms with van der Waals surface area (Å²) >= 11 is 0. The predicted octanol–water partition coefficient (Wildman–Crippen LogP) is 3.33. The minimum atomic E-state index is -1.22. The van der Waals surface area contributed by atoms with Crippen molar-refractivity contribution in [3.05, 3.63) is 71.8 Å². The zero-order valence-corrected chi connectivity index (χ0v) is 17.6. The molecular formula is C24H29N3O3. The lowest BCUT2D eigenvalue weighted by Crippen LogP contribution is -2.47. The van der Waals surface area contributed by atoms with Gasteiger partial charge in [0.05, 0.1) is 0 Å². The monoisotopic (exact) mass is 407 g/mol. The number of hydrogen-bond donors (Lipinski definition) is 1. The molecular weight excluding hydrogens is 378 g/mol. The highest BCUT2D eigenvalue weighted by Crippen LogP contribution is 2.33. The molecule has 0 bridgehead atoms. The van der Waals surface area contributed by atoms with E-state index in [1.165, 1.54) is 0 Å². The molecule has 1 heterocycles. The first kappa shape index (κ1) is 21.6. The third-order valence-corrected chi connectivity index (χ3v) is 5.56. The van der Waals surface area contributed by atoms with Crippen LogP contribution in [0.25, 0.3) is 0 Å². The summed E-state index contributed by atoms with van der Waals surface area (Å²) in [7, 11) is 0. The van der Waals surface area contributed by atoms with Crippen molar-refractivity contribution in [1.82, 2.24) is 15.1 Å². The van der Waals surface area contributed by atoms with E-state index >= 15 is 0 Å². The number of likely N-dealkylation sites (N-methyl/N-ethyl adjacent to an activating group) is 1. The van der Waals surface area contributed by atoms with Crippen LogP contribution < -0.4 is 5.32 Å². The summed E-state index contributed by atoms with van der Waals surface area (Å²) in [6, 6.07) is 18.3. The van der Waals surface area contributed by atoms with Crippen molar-refractivity contribution in [3.63, 3.8) is 0 Å². The molecule has 3 rings (SSSR count). The smallest absolute Gasteiger partial charge is 0.325 e. The van der Waals surface area contributed by atoms with E-state index in [-0.39, 0.29) is 18.4 Å². The maximum atomic E-state index is 13.6. The molecule has 158 valence electrons. The van der Waals surface area contributed by atoms with Gasteiger partial charge < -0.3 is 10.2 Å². The van der Waals surface area contributed by atoms with Gasteiger partial charge in [-0.3, -0.25) is 14.5 Å². The molecule has 1 atom stereocenters. The average molecular weight is 408 g/mol. The van der Waals surface area contributed by atoms with Gasteiger partial charge in [-0.15, -0.1) is 0 Å². The standard InChI is InChI=1S/C24H29N3O3/c1-3-5-16-26(4-2)21(28)18-27-22(29)24(25-23(27)30,20-14-10-7-11-15-20)17-19-12-8-6-9-13-19/h6-15H,3-5,16-18H2,1-2H3,(H,25,30)/t24-/m1/s1. The van der Waals surface area contributed by atoms with E-state index < -0.39 is 11.6 Å². The van der Waals surface area contributed by atoms with E-state index in [4.69, 9.17) is 0 Å². The van der Waals surface area contributed by atoms with Gasteiger partial charge in [-0.2, -0.15) is 0 Å². The Balaban J connectivity index is 1.89. The summed E-state index contributed by atoms with van der Waals surface area (Å²) in [6.07, 6.45) is 2.18. The van der Waals surface area contributed by atoms with Crippen molar-refractivity contribution in [2.45, 2.75) is 38.6 Å². The molecule has 1 aliphatic rings. The van der Waals surface area contributed by atoms with E-state index in [0.29, 0.717) is 25.1 Å². The summed E-state index contributed by atoms with van der Waals surface area (Å²) < 4.78 is 0. The number of nitrogens with one attached hydrogen (secondary N) is 1. The van der Waals surface area contributed by atoms with Crippen LogP contribution in [0, 0.1) is 0 Å². The fourth-order valence-corrected chi connectivity index (χ4v) is 3.86. The molecule has 1 aliphatic heterocycles. The highest BCUT2D eigenvalue weighted by Gasteiger charge is 2.52. The maximum absolute atomic E-state index is 13.6. The second kappa shape index (κ2) is 9.57. The van der Waals surface area contributed by atoms with Gasteiger partial charge in [0.15, 0.2) is 5.54 Å². The molecule has 2 aromatic carbocycles. The Morgan fingerprint density at radius 1 is 1.00 bits per heavy atom. The first-order valence-corrected chi connectivity index (χ1v) is 10.5. The number of rotatable bonds is 9. The van der Waals surface area contributed by atoms with Gasteiger partial charge in [0.2, 0.25) is 5.91 Å². The molecule has 0 saturated carbocycles. The summed E-state index contributed by atoms with van der Waals surface area (Å²) in [6.45, 7) is 4.90. The van der Waals surface area contributed by atoms with Gasteiger partial charge in [-0.05, 0) is 24.5 Å². The molecule has 4 amide bonds. The molecule has 2 aromatic rings. The lowest BCUT2D eigenvalue weighted by atomic mass is 9.83. The normalized spacial score (nSPS) is 18.4. The Bertz CT molecular complexity index is 885. The first-order valence-electron chi connectivity index (χ1n) is 10.5. The van der Waals surface area contributed by atoms with Crippen LogP contribution in [0.5, 0.6) is 0 Å². The highest BCUT2D eigenvalue weighted by atomic mass is 16.2. The van der Waals surface area contributed by atoms with Crippen molar-refractivity contribution in [3.8, 4) is 0 Å². The van der Waals surface area contributed by atoms with Crippen LogP contribution in [0.15, 0.2) is 60.7 Å². The minimum absolute atomic E-state index is 0.210. The number of hydrogen-bond acceptors (Lipinski definition) is 3. The van der Waals surface area contributed by atoms with E-state index in [9.17, 15) is 14.4 Å². The van der Waals surface area contributed by atoms with Crippen molar-refractivity contribution < 1.29 is 14.4 Å². The zero-order valence-electron chi connectivity index (χ0n) is 17.6. The largest absolute Gasteiger partial charge is 0.341 e. The van der Waals surface area contributed by atoms with Crippen molar-refractivity contribution >= 4 is 17.8 Å². The van der Waals surface area contributed by atoms with Crippen LogP contribution in [-0.2, 0) is 21.5 Å². The maximum Gasteiger partial charge on any atom is 0.325 e. The third kappa shape index (κ3) is 4.37. The molecule has 1 fully saturated rings. The second-order valence-electron chi connectivity index (χ2n) is 7.58. The molecule has 30 heavy (non-hydrogen) atoms. The molecule has 0 aliphatic carbocycles. The van der Waals surface area contributed by atoms with Gasteiger partial charge >= 0.3 is 6.03 Å². The predicted molar refractivity (Wildman–Crippen MR) is 116 cm³/mol. The lowest BCUT2D eigenvalue weighted by molar-refractivity contribution is -0.139. The van der Waals surface area contributed by atoms with Crippen LogP contribution in [-0.4, -0.2) is 47.3 Å². The molecule has 1 N–H and O–H groups in total. The molecule has 0 radical (unpaired) electrons. The van der Waals surface area contributed by atoms with Gasteiger partial charge in [0.1, 0.15) is 6.54 Å². The van der Waals surface area contributed by atoms with Gasteiger partial charge in [-0.25, -0.2) is 4.79 Å². The van der Waals surface area contributed by atoms with Crippen molar-refractivity contribution in [2.75, 3.05) is 19.6 Å².